The fourth-order valence-electron chi connectivity index (χ4n) is 0. The number of aliphatic carboxylic acids is 1. The van der Waals surface area contributed by atoms with E-state index in [0.717, 1.165) is 6.92 Å². The molecule has 5 nitrogen and oxygen atoms in total. The molecule has 0 aliphatic carbocycles. The Balaban J connectivity index is -0.0000000720. The topological polar surface area (TPSA) is 113 Å². The van der Waals surface area contributed by atoms with Gasteiger partial charge < -0.3 is 16.6 Å². The largest absolute Gasteiger partial charge is 0.481 e. The van der Waals surface area contributed by atoms with Crippen LogP contribution in [0.5, 0.6) is 0 Å². The van der Waals surface area contributed by atoms with Gasteiger partial charge in [-0.3, -0.25) is 10.2 Å². The summed E-state index contributed by atoms with van der Waals surface area (Å²) in [6.07, 6.45) is 0. The van der Waals surface area contributed by atoms with Crippen molar-refractivity contribution < 1.29 is 50.7 Å². The Morgan fingerprint density at radius 3 is 1.56 bits per heavy atom. The van der Waals surface area contributed by atoms with E-state index in [1.54, 1.807) is 0 Å². The molecule has 52 valence electrons. The van der Waals surface area contributed by atoms with Gasteiger partial charge in [0.05, 0.1) is 0 Å². The third kappa shape index (κ3) is 36500. The normalized spacial score (nSPS) is 5.44. The standard InChI is InChI=1S/C2H4O2.CH5N3.Nd/c1-2(3)4;2-1(3)4;/h1H3,(H,3,4);(H5,2,3,4);. The zero-order valence-electron chi connectivity index (χ0n) is 5.01. The van der Waals surface area contributed by atoms with Crippen LogP contribution in [0.3, 0.4) is 0 Å². The zero-order valence-corrected chi connectivity index (χ0v) is 8.22. The number of guanidine groups is 1. The molecule has 0 radical (unpaired) electrons. The number of carboxylic acid groups (broad SMARTS) is 1. The zero-order chi connectivity index (χ0) is 7.15. The molecule has 0 bridgehead atoms. The van der Waals surface area contributed by atoms with Gasteiger partial charge in [-0.1, -0.05) is 0 Å². The van der Waals surface area contributed by atoms with Gasteiger partial charge in [-0.2, -0.15) is 0 Å². The molecule has 0 aromatic rings. The summed E-state index contributed by atoms with van der Waals surface area (Å²) in [6, 6.07) is 0. The second-order valence-electron chi connectivity index (χ2n) is 0.974. The maximum Gasteiger partial charge on any atom is 0.300 e. The van der Waals surface area contributed by atoms with Gasteiger partial charge in [-0.15, -0.1) is 0 Å². The van der Waals surface area contributed by atoms with Crippen LogP contribution in [0.15, 0.2) is 0 Å². The van der Waals surface area contributed by atoms with Crippen LogP contribution < -0.4 is 11.5 Å². The average molecular weight is 263 g/mol. The molecule has 0 aliphatic rings. The first kappa shape index (κ1) is 16.0. The van der Waals surface area contributed by atoms with Crippen molar-refractivity contribution in [3.8, 4) is 0 Å². The van der Waals surface area contributed by atoms with Crippen LogP contribution in [0.2, 0.25) is 0 Å². The van der Waals surface area contributed by atoms with Crippen LogP contribution in [0.25, 0.3) is 0 Å². The minimum Gasteiger partial charge on any atom is -0.481 e. The van der Waals surface area contributed by atoms with E-state index in [1.807, 2.05) is 0 Å². The molecule has 0 amide bonds. The van der Waals surface area contributed by atoms with E-state index in [1.165, 1.54) is 0 Å². The van der Waals surface area contributed by atoms with Crippen molar-refractivity contribution in [3.05, 3.63) is 0 Å². The first-order chi connectivity index (χ1) is 3.46. The maximum atomic E-state index is 9.00. The predicted octanol–water partition coefficient (Wildman–Crippen LogP) is -1.07. The Labute approximate surface area is 85.8 Å². The molecule has 0 spiro atoms. The molecular weight excluding hydrogens is 254 g/mol. The fraction of sp³-hybridized carbons (Fsp3) is 0.333. The van der Waals surface area contributed by atoms with Gasteiger partial charge in [0.15, 0.2) is 5.96 Å². The van der Waals surface area contributed by atoms with Gasteiger partial charge in [-0.05, 0) is 0 Å². The molecule has 0 heterocycles. The summed E-state index contributed by atoms with van der Waals surface area (Å²) < 4.78 is 0. The van der Waals surface area contributed by atoms with E-state index in [2.05, 4.69) is 11.5 Å². The molecule has 6 heteroatoms. The molecule has 0 aromatic carbocycles. The van der Waals surface area contributed by atoms with Crippen molar-refractivity contribution in [3.63, 3.8) is 0 Å². The number of carbonyl (C=O) groups is 1. The van der Waals surface area contributed by atoms with Crippen LogP contribution >= 0.6 is 0 Å². The molecule has 0 atom stereocenters. The van der Waals surface area contributed by atoms with Crippen LogP contribution in [0, 0.1) is 46.2 Å². The number of carboxylic acids is 1. The summed E-state index contributed by atoms with van der Waals surface area (Å²) >= 11 is 0. The molecule has 0 unspecified atom stereocenters. The summed E-state index contributed by atoms with van der Waals surface area (Å²) in [7, 11) is 0. The first-order valence-electron chi connectivity index (χ1n) is 1.76. The second kappa shape index (κ2) is 11.0. The van der Waals surface area contributed by atoms with E-state index in [-0.39, 0.29) is 46.8 Å². The van der Waals surface area contributed by atoms with Gasteiger partial charge >= 0.3 is 0 Å². The molecule has 9 heavy (non-hydrogen) atoms. The third-order valence-electron chi connectivity index (χ3n) is 0. The smallest absolute Gasteiger partial charge is 0.300 e. The van der Waals surface area contributed by atoms with E-state index < -0.39 is 5.97 Å². The Kier molecular flexibility index (Phi) is 19.5. The van der Waals surface area contributed by atoms with Crippen molar-refractivity contribution in [2.45, 2.75) is 6.92 Å². The molecule has 0 aliphatic heterocycles. The number of hydrogen-bond acceptors (Lipinski definition) is 2. The Morgan fingerprint density at radius 1 is 1.56 bits per heavy atom. The van der Waals surface area contributed by atoms with Crippen molar-refractivity contribution >= 4 is 11.9 Å². The molecule has 0 fully saturated rings. The second-order valence-corrected chi connectivity index (χ2v) is 0.974. The number of hydrogen-bond donors (Lipinski definition) is 4. The van der Waals surface area contributed by atoms with E-state index in [0.29, 0.717) is 0 Å². The molecule has 0 saturated heterocycles. The Bertz CT molecular complexity index is 75.1. The van der Waals surface area contributed by atoms with E-state index >= 15 is 0 Å². The third-order valence-corrected chi connectivity index (χ3v) is 0. The summed E-state index contributed by atoms with van der Waals surface area (Å²) in [5.74, 6) is -1.17. The number of nitrogens with two attached hydrogens (primary N) is 2. The Morgan fingerprint density at radius 2 is 1.56 bits per heavy atom. The molecular formula is C3H9N3NdO2. The minimum absolute atomic E-state index is 0. The first-order valence-corrected chi connectivity index (χ1v) is 1.76. The maximum absolute atomic E-state index is 9.00. The average Bonchev–Trinajstić information content (AvgIpc) is 1.25. The predicted molar refractivity (Wildman–Crippen MR) is 29.4 cm³/mol. The Hall–Kier alpha value is 0.0906. The SMILES string of the molecule is CC(=O)O.N=C(N)N.[Nd]. The van der Waals surface area contributed by atoms with Crippen molar-refractivity contribution in [2.75, 3.05) is 0 Å². The molecule has 0 aromatic heterocycles. The number of nitrogens with one attached hydrogen (secondary N) is 1. The van der Waals surface area contributed by atoms with Crippen LogP contribution in [-0.2, 0) is 4.79 Å². The quantitative estimate of drug-likeness (QED) is 0.329. The summed E-state index contributed by atoms with van der Waals surface area (Å²) in [5, 5.41) is 13.5. The van der Waals surface area contributed by atoms with E-state index in [4.69, 9.17) is 15.3 Å². The molecule has 0 saturated carbocycles. The van der Waals surface area contributed by atoms with E-state index in [9.17, 15) is 0 Å². The van der Waals surface area contributed by atoms with Gasteiger partial charge in [0.25, 0.3) is 5.97 Å². The van der Waals surface area contributed by atoms with Crippen LogP contribution in [-0.4, -0.2) is 17.0 Å². The fourth-order valence-corrected chi connectivity index (χ4v) is 0. The van der Waals surface area contributed by atoms with Crippen LogP contribution in [0.4, 0.5) is 0 Å². The monoisotopic (exact) mass is 261 g/mol. The summed E-state index contributed by atoms with van der Waals surface area (Å²) in [4.78, 5) is 9.00. The van der Waals surface area contributed by atoms with Crippen molar-refractivity contribution in [1.29, 1.82) is 5.41 Å². The summed E-state index contributed by atoms with van der Waals surface area (Å²) in [5.41, 5.74) is 8.94. The number of rotatable bonds is 0. The van der Waals surface area contributed by atoms with Crippen molar-refractivity contribution in [2.24, 2.45) is 11.5 Å². The van der Waals surface area contributed by atoms with Crippen molar-refractivity contribution in [1.82, 2.24) is 0 Å². The van der Waals surface area contributed by atoms with Gasteiger partial charge in [0.1, 0.15) is 0 Å². The minimum atomic E-state index is -0.833. The molecule has 6 N–H and O–H groups in total. The van der Waals surface area contributed by atoms with Crippen LogP contribution in [0.1, 0.15) is 6.92 Å². The van der Waals surface area contributed by atoms with Gasteiger partial charge in [0.2, 0.25) is 0 Å². The molecule has 0 rings (SSSR count). The van der Waals surface area contributed by atoms with Gasteiger partial charge in [-0.25, -0.2) is 0 Å². The van der Waals surface area contributed by atoms with Gasteiger partial charge in [0, 0.05) is 47.8 Å². The summed E-state index contributed by atoms with van der Waals surface area (Å²) in [6.45, 7) is 1.08.